The van der Waals surface area contributed by atoms with Crippen LogP contribution >= 0.6 is 0 Å². The second kappa shape index (κ2) is 5.17. The molecule has 7 heteroatoms. The summed E-state index contributed by atoms with van der Waals surface area (Å²) in [4.78, 5) is 0. The molecule has 0 atom stereocenters. The highest BCUT2D eigenvalue weighted by Crippen LogP contribution is 2.30. The van der Waals surface area contributed by atoms with Crippen LogP contribution in [0.4, 0.5) is 0 Å². The summed E-state index contributed by atoms with van der Waals surface area (Å²) in [5, 5.41) is 15.5. The zero-order chi connectivity index (χ0) is 12.1. The molecule has 1 aliphatic heterocycles. The van der Waals surface area contributed by atoms with Gasteiger partial charge in [-0.1, -0.05) is 0 Å². The number of nitrogens with zero attached hydrogens (tertiary/aromatic N) is 2. The summed E-state index contributed by atoms with van der Waals surface area (Å²) in [6, 6.07) is 5.40. The van der Waals surface area contributed by atoms with Gasteiger partial charge in [0.15, 0.2) is 11.5 Å². The Hall–Kier alpha value is -2.28. The Morgan fingerprint density at radius 2 is 2.12 bits per heavy atom. The molecular weight excluding hydrogens is 224 g/mol. The Labute approximate surface area is 97.5 Å². The molecular formula is C10H12N4O3. The first-order valence-corrected chi connectivity index (χ1v) is 4.96. The van der Waals surface area contributed by atoms with Crippen LogP contribution < -0.4 is 20.7 Å². The van der Waals surface area contributed by atoms with Crippen LogP contribution in [-0.2, 0) is 0 Å². The molecule has 0 spiro atoms. The third-order valence-electron chi connectivity index (χ3n) is 2.05. The fourth-order valence-electron chi connectivity index (χ4n) is 1.32. The Bertz CT molecular complexity index is 459. The number of nitrogens with two attached hydrogens (primary N) is 1. The van der Waals surface area contributed by atoms with Gasteiger partial charge in [-0.15, -0.1) is 5.10 Å². The molecule has 7 nitrogen and oxygen atoms in total. The summed E-state index contributed by atoms with van der Waals surface area (Å²) in [6.07, 6.45) is 1.49. The van der Waals surface area contributed by atoms with Gasteiger partial charge < -0.3 is 15.2 Å². The summed E-state index contributed by atoms with van der Waals surface area (Å²) in [7, 11) is 0. The highest BCUT2D eigenvalue weighted by molar-refractivity contribution is 5.82. The molecule has 90 valence electrons. The van der Waals surface area contributed by atoms with E-state index in [-0.39, 0.29) is 5.96 Å². The van der Waals surface area contributed by atoms with Crippen LogP contribution in [-0.4, -0.2) is 30.6 Å². The average Bonchev–Trinajstić information content (AvgIpc) is 2.38. The minimum atomic E-state index is -0.182. The van der Waals surface area contributed by atoms with Crippen LogP contribution in [0.3, 0.4) is 0 Å². The van der Waals surface area contributed by atoms with Crippen molar-refractivity contribution in [2.75, 3.05) is 13.2 Å². The van der Waals surface area contributed by atoms with Crippen molar-refractivity contribution in [3.05, 3.63) is 23.8 Å². The van der Waals surface area contributed by atoms with Gasteiger partial charge in [0, 0.05) is 0 Å². The summed E-state index contributed by atoms with van der Waals surface area (Å²) in [5.74, 6) is 1.21. The van der Waals surface area contributed by atoms with Crippen molar-refractivity contribution in [3.8, 4) is 11.5 Å². The van der Waals surface area contributed by atoms with Crippen molar-refractivity contribution < 1.29 is 14.7 Å². The molecule has 0 aromatic heterocycles. The van der Waals surface area contributed by atoms with Crippen molar-refractivity contribution >= 4 is 12.2 Å². The van der Waals surface area contributed by atoms with E-state index in [1.54, 1.807) is 17.6 Å². The molecule has 0 saturated carbocycles. The van der Waals surface area contributed by atoms with Gasteiger partial charge >= 0.3 is 0 Å². The topological polar surface area (TPSA) is 101 Å². The molecule has 1 aromatic rings. The molecule has 0 radical (unpaired) electrons. The monoisotopic (exact) mass is 236 g/mol. The van der Waals surface area contributed by atoms with Gasteiger partial charge in [0.1, 0.15) is 13.2 Å². The zero-order valence-corrected chi connectivity index (χ0v) is 8.96. The zero-order valence-electron chi connectivity index (χ0n) is 8.96. The SMILES string of the molecule is NC(=N/N=C\c1ccc2c(c1)OCCO2)NO. The molecule has 1 heterocycles. The van der Waals surface area contributed by atoms with Gasteiger partial charge in [-0.25, -0.2) is 5.48 Å². The molecule has 0 aliphatic carbocycles. The lowest BCUT2D eigenvalue weighted by atomic mass is 10.2. The lowest BCUT2D eigenvalue weighted by Crippen LogP contribution is -2.27. The largest absolute Gasteiger partial charge is 0.486 e. The van der Waals surface area contributed by atoms with Crippen LogP contribution in [0, 0.1) is 0 Å². The van der Waals surface area contributed by atoms with Crippen molar-refractivity contribution in [2.45, 2.75) is 0 Å². The number of rotatable bonds is 2. The first-order chi connectivity index (χ1) is 8.29. The number of fused-ring (bicyclic) bond motifs is 1. The molecule has 1 aliphatic rings. The third-order valence-corrected chi connectivity index (χ3v) is 2.05. The van der Waals surface area contributed by atoms with Gasteiger partial charge in [0.05, 0.1) is 6.21 Å². The van der Waals surface area contributed by atoms with Gasteiger partial charge in [-0.3, -0.25) is 5.21 Å². The first kappa shape index (κ1) is 11.2. The quantitative estimate of drug-likeness (QED) is 0.383. The predicted molar refractivity (Wildman–Crippen MR) is 61.6 cm³/mol. The van der Waals surface area contributed by atoms with Crippen LogP contribution in [0.2, 0.25) is 0 Å². The number of ether oxygens (including phenoxy) is 2. The van der Waals surface area contributed by atoms with E-state index in [2.05, 4.69) is 10.2 Å². The van der Waals surface area contributed by atoms with Crippen LogP contribution in [0.5, 0.6) is 11.5 Å². The van der Waals surface area contributed by atoms with Gasteiger partial charge in [0.25, 0.3) is 0 Å². The van der Waals surface area contributed by atoms with E-state index in [1.807, 2.05) is 6.07 Å². The predicted octanol–water partition coefficient (Wildman–Crippen LogP) is 0.0852. The van der Waals surface area contributed by atoms with E-state index in [9.17, 15) is 0 Å². The van der Waals surface area contributed by atoms with Crippen LogP contribution in [0.15, 0.2) is 28.4 Å². The number of benzene rings is 1. The Morgan fingerprint density at radius 3 is 2.88 bits per heavy atom. The van der Waals surface area contributed by atoms with Crippen LogP contribution in [0.25, 0.3) is 0 Å². The molecule has 0 unspecified atom stereocenters. The van der Waals surface area contributed by atoms with E-state index >= 15 is 0 Å². The van der Waals surface area contributed by atoms with E-state index in [4.69, 9.17) is 20.4 Å². The normalized spacial score (nSPS) is 15.0. The summed E-state index contributed by atoms with van der Waals surface area (Å²) >= 11 is 0. The number of nitrogens with one attached hydrogen (secondary N) is 1. The third kappa shape index (κ3) is 2.85. The maximum Gasteiger partial charge on any atom is 0.237 e. The number of hydrogen-bond donors (Lipinski definition) is 3. The first-order valence-electron chi connectivity index (χ1n) is 4.96. The lowest BCUT2D eigenvalue weighted by Gasteiger charge is -2.18. The molecule has 2 rings (SSSR count). The van der Waals surface area contributed by atoms with Crippen molar-refractivity contribution in [1.29, 1.82) is 0 Å². The molecule has 4 N–H and O–H groups in total. The molecule has 0 saturated heterocycles. The maximum atomic E-state index is 8.37. The highest BCUT2D eigenvalue weighted by atomic mass is 16.6. The Balaban J connectivity index is 2.12. The fraction of sp³-hybridized carbons (Fsp3) is 0.200. The summed E-state index contributed by atoms with van der Waals surface area (Å²) < 4.78 is 10.8. The van der Waals surface area contributed by atoms with E-state index in [1.165, 1.54) is 6.21 Å². The minimum absolute atomic E-state index is 0.182. The van der Waals surface area contributed by atoms with Gasteiger partial charge in [-0.05, 0) is 23.8 Å². The van der Waals surface area contributed by atoms with E-state index in [0.29, 0.717) is 24.7 Å². The second-order valence-electron chi connectivity index (χ2n) is 3.24. The van der Waals surface area contributed by atoms with E-state index < -0.39 is 0 Å². The minimum Gasteiger partial charge on any atom is -0.486 e. The highest BCUT2D eigenvalue weighted by Gasteiger charge is 2.10. The molecule has 0 amide bonds. The standard InChI is InChI=1S/C10H12N4O3/c11-10(14-15)13-12-6-7-1-2-8-9(5-7)17-4-3-16-8/h1-2,5-6,15H,3-4H2,(H3,11,13,14)/b12-6-. The van der Waals surface area contributed by atoms with Crippen molar-refractivity contribution in [2.24, 2.45) is 15.9 Å². The summed E-state index contributed by atoms with van der Waals surface area (Å²) in [5.41, 5.74) is 7.64. The van der Waals surface area contributed by atoms with Crippen molar-refractivity contribution in [3.63, 3.8) is 0 Å². The smallest absolute Gasteiger partial charge is 0.237 e. The number of hydroxylamine groups is 1. The van der Waals surface area contributed by atoms with Crippen molar-refractivity contribution in [1.82, 2.24) is 5.48 Å². The number of guanidine groups is 1. The Kier molecular flexibility index (Phi) is 3.41. The fourth-order valence-corrected chi connectivity index (χ4v) is 1.32. The Morgan fingerprint density at radius 1 is 1.35 bits per heavy atom. The average molecular weight is 236 g/mol. The number of hydrogen-bond acceptors (Lipinski definition) is 5. The summed E-state index contributed by atoms with van der Waals surface area (Å²) in [6.45, 7) is 1.09. The molecule has 0 fully saturated rings. The van der Waals surface area contributed by atoms with Gasteiger partial charge in [0.2, 0.25) is 5.96 Å². The molecule has 0 bridgehead atoms. The van der Waals surface area contributed by atoms with E-state index in [0.717, 1.165) is 5.56 Å². The van der Waals surface area contributed by atoms with Gasteiger partial charge in [-0.2, -0.15) is 5.10 Å². The molecule has 1 aromatic carbocycles. The maximum absolute atomic E-state index is 8.37. The lowest BCUT2D eigenvalue weighted by molar-refractivity contribution is 0.171. The second-order valence-corrected chi connectivity index (χ2v) is 3.24. The van der Waals surface area contributed by atoms with Crippen LogP contribution in [0.1, 0.15) is 5.56 Å². The molecule has 17 heavy (non-hydrogen) atoms.